The Morgan fingerprint density at radius 1 is 1.21 bits per heavy atom. The van der Waals surface area contributed by atoms with Gasteiger partial charge in [-0.15, -0.1) is 0 Å². The standard InChI is InChI=1S/C21H18ClNO5/c1-3-8-23-18(15-6-4-11(2)27-15)17(20(25)21(23)26)19(24)16-10-12-9-13(22)5-7-14(12)28-16/h4-7,9-10,18,25H,3,8H2,1-2H3. The summed E-state index contributed by atoms with van der Waals surface area (Å²) in [5.74, 6) is -0.630. The number of carbonyl (C=O) groups excluding carboxylic acids is 2. The largest absolute Gasteiger partial charge is 0.503 e. The average molecular weight is 400 g/mol. The van der Waals surface area contributed by atoms with Crippen molar-refractivity contribution in [3.8, 4) is 0 Å². The molecule has 1 unspecified atom stereocenters. The van der Waals surface area contributed by atoms with Crippen molar-refractivity contribution in [2.45, 2.75) is 26.3 Å². The van der Waals surface area contributed by atoms with Crippen LogP contribution in [-0.2, 0) is 4.79 Å². The van der Waals surface area contributed by atoms with E-state index in [0.29, 0.717) is 40.5 Å². The summed E-state index contributed by atoms with van der Waals surface area (Å²) in [6, 6.07) is 9.23. The quantitative estimate of drug-likeness (QED) is 0.612. The van der Waals surface area contributed by atoms with Gasteiger partial charge in [0.15, 0.2) is 11.5 Å². The van der Waals surface area contributed by atoms with E-state index < -0.39 is 23.5 Å². The summed E-state index contributed by atoms with van der Waals surface area (Å²) in [5.41, 5.74) is 0.450. The van der Waals surface area contributed by atoms with Crippen LogP contribution >= 0.6 is 11.6 Å². The molecule has 7 heteroatoms. The van der Waals surface area contributed by atoms with E-state index in [4.69, 9.17) is 20.4 Å². The Morgan fingerprint density at radius 3 is 2.68 bits per heavy atom. The molecule has 1 amide bonds. The van der Waals surface area contributed by atoms with Crippen LogP contribution in [0.2, 0.25) is 5.02 Å². The van der Waals surface area contributed by atoms with Gasteiger partial charge in [-0.2, -0.15) is 0 Å². The van der Waals surface area contributed by atoms with Crippen LogP contribution in [0.25, 0.3) is 11.0 Å². The number of aliphatic hydroxyl groups is 1. The lowest BCUT2D eigenvalue weighted by Crippen LogP contribution is -2.31. The molecule has 1 aromatic carbocycles. The molecule has 28 heavy (non-hydrogen) atoms. The van der Waals surface area contributed by atoms with Crippen LogP contribution in [0.15, 0.2) is 56.6 Å². The number of ketones is 1. The minimum absolute atomic E-state index is 0.0262. The Hall–Kier alpha value is -2.99. The van der Waals surface area contributed by atoms with Crippen LogP contribution in [0.3, 0.4) is 0 Å². The molecule has 0 radical (unpaired) electrons. The minimum atomic E-state index is -0.801. The van der Waals surface area contributed by atoms with Gasteiger partial charge in [-0.3, -0.25) is 9.59 Å². The maximum Gasteiger partial charge on any atom is 0.290 e. The number of benzene rings is 1. The predicted molar refractivity (Wildman–Crippen MR) is 103 cm³/mol. The fourth-order valence-electron chi connectivity index (χ4n) is 3.51. The molecule has 3 heterocycles. The van der Waals surface area contributed by atoms with E-state index in [1.54, 1.807) is 43.3 Å². The molecule has 3 aromatic rings. The topological polar surface area (TPSA) is 83.9 Å². The van der Waals surface area contributed by atoms with Crippen molar-refractivity contribution in [3.63, 3.8) is 0 Å². The normalized spacial score (nSPS) is 17.2. The molecule has 0 saturated heterocycles. The summed E-state index contributed by atoms with van der Waals surface area (Å²) >= 11 is 6.00. The zero-order chi connectivity index (χ0) is 20.0. The Kier molecular flexibility index (Phi) is 4.51. The molecule has 0 saturated carbocycles. The van der Waals surface area contributed by atoms with Crippen molar-refractivity contribution in [3.05, 3.63) is 70.0 Å². The number of amides is 1. The Balaban J connectivity index is 1.81. The van der Waals surface area contributed by atoms with Gasteiger partial charge in [0.1, 0.15) is 23.1 Å². The van der Waals surface area contributed by atoms with Crippen LogP contribution in [0.4, 0.5) is 0 Å². The first-order chi connectivity index (χ1) is 13.4. The van der Waals surface area contributed by atoms with Gasteiger partial charge in [-0.25, -0.2) is 0 Å². The van der Waals surface area contributed by atoms with E-state index in [0.717, 1.165) is 0 Å². The lowest BCUT2D eigenvalue weighted by atomic mass is 9.99. The number of hydrogen-bond donors (Lipinski definition) is 1. The third-order valence-electron chi connectivity index (χ3n) is 4.75. The molecule has 1 atom stereocenters. The summed E-state index contributed by atoms with van der Waals surface area (Å²) in [4.78, 5) is 27.3. The molecular weight excluding hydrogens is 382 g/mol. The van der Waals surface area contributed by atoms with Gasteiger partial charge < -0.3 is 18.8 Å². The number of nitrogens with zero attached hydrogens (tertiary/aromatic N) is 1. The van der Waals surface area contributed by atoms with Gasteiger partial charge in [0.25, 0.3) is 5.91 Å². The molecular formula is C21H18ClNO5. The fourth-order valence-corrected chi connectivity index (χ4v) is 3.69. The Morgan fingerprint density at radius 2 is 2.00 bits per heavy atom. The van der Waals surface area contributed by atoms with E-state index in [1.807, 2.05) is 6.92 Å². The minimum Gasteiger partial charge on any atom is -0.503 e. The highest BCUT2D eigenvalue weighted by atomic mass is 35.5. The zero-order valence-electron chi connectivity index (χ0n) is 15.4. The predicted octanol–water partition coefficient (Wildman–Crippen LogP) is 4.98. The number of rotatable bonds is 5. The summed E-state index contributed by atoms with van der Waals surface area (Å²) in [7, 11) is 0. The number of aliphatic hydroxyl groups excluding tert-OH is 1. The lowest BCUT2D eigenvalue weighted by Gasteiger charge is -2.24. The number of furan rings is 2. The number of aryl methyl sites for hydroxylation is 1. The van der Waals surface area contributed by atoms with Gasteiger partial charge in [-0.1, -0.05) is 18.5 Å². The summed E-state index contributed by atoms with van der Waals surface area (Å²) in [5, 5.41) is 11.7. The molecule has 4 rings (SSSR count). The van der Waals surface area contributed by atoms with Crippen LogP contribution in [0.1, 0.15) is 41.5 Å². The SMILES string of the molecule is CCCN1C(=O)C(O)=C(C(=O)c2cc3cc(Cl)ccc3o2)C1c1ccc(C)o1. The first-order valence-corrected chi connectivity index (χ1v) is 9.32. The first kappa shape index (κ1) is 18.4. The fraction of sp³-hybridized carbons (Fsp3) is 0.238. The van der Waals surface area contributed by atoms with E-state index in [2.05, 4.69) is 0 Å². The van der Waals surface area contributed by atoms with Crippen molar-refractivity contribution in [2.75, 3.05) is 6.54 Å². The molecule has 0 aliphatic carbocycles. The number of halogens is 1. The molecule has 0 fully saturated rings. The smallest absolute Gasteiger partial charge is 0.290 e. The molecule has 1 aliphatic heterocycles. The third kappa shape index (κ3) is 2.90. The zero-order valence-corrected chi connectivity index (χ0v) is 16.1. The first-order valence-electron chi connectivity index (χ1n) is 8.95. The van der Waals surface area contributed by atoms with Crippen LogP contribution in [0, 0.1) is 6.92 Å². The third-order valence-corrected chi connectivity index (χ3v) is 4.98. The highest BCUT2D eigenvalue weighted by Crippen LogP contribution is 2.40. The maximum absolute atomic E-state index is 13.2. The molecule has 1 N–H and O–H groups in total. The molecule has 2 aromatic heterocycles. The summed E-state index contributed by atoms with van der Waals surface area (Å²) < 4.78 is 11.3. The van der Waals surface area contributed by atoms with E-state index in [-0.39, 0.29) is 11.3 Å². The number of hydrogen-bond acceptors (Lipinski definition) is 5. The van der Waals surface area contributed by atoms with E-state index >= 15 is 0 Å². The molecule has 6 nitrogen and oxygen atoms in total. The van der Waals surface area contributed by atoms with Crippen molar-refractivity contribution < 1.29 is 23.5 Å². The number of carbonyl (C=O) groups is 2. The van der Waals surface area contributed by atoms with Gasteiger partial charge in [0.2, 0.25) is 5.78 Å². The second-order valence-corrected chi connectivity index (χ2v) is 7.17. The van der Waals surface area contributed by atoms with Crippen molar-refractivity contribution in [1.29, 1.82) is 0 Å². The van der Waals surface area contributed by atoms with Crippen molar-refractivity contribution in [2.24, 2.45) is 0 Å². The average Bonchev–Trinajstić information content (AvgIpc) is 3.33. The number of Topliss-reactive ketones (excluding diaryl/α,β-unsaturated/α-hetero) is 1. The van der Waals surface area contributed by atoms with Crippen LogP contribution in [-0.4, -0.2) is 28.2 Å². The maximum atomic E-state index is 13.2. The van der Waals surface area contributed by atoms with Crippen molar-refractivity contribution >= 4 is 34.3 Å². The lowest BCUT2D eigenvalue weighted by molar-refractivity contribution is -0.129. The van der Waals surface area contributed by atoms with Gasteiger partial charge >= 0.3 is 0 Å². The molecule has 144 valence electrons. The number of fused-ring (bicyclic) bond motifs is 1. The van der Waals surface area contributed by atoms with E-state index in [9.17, 15) is 14.7 Å². The highest BCUT2D eigenvalue weighted by Gasteiger charge is 2.45. The van der Waals surface area contributed by atoms with Crippen LogP contribution in [0.5, 0.6) is 0 Å². The van der Waals surface area contributed by atoms with E-state index in [1.165, 1.54) is 4.90 Å². The Bertz CT molecular complexity index is 1120. The summed E-state index contributed by atoms with van der Waals surface area (Å²) in [6.45, 7) is 4.07. The second-order valence-electron chi connectivity index (χ2n) is 6.73. The van der Waals surface area contributed by atoms with Gasteiger partial charge in [0.05, 0.1) is 5.57 Å². The van der Waals surface area contributed by atoms with Crippen molar-refractivity contribution in [1.82, 2.24) is 4.90 Å². The second kappa shape index (κ2) is 6.87. The molecule has 1 aliphatic rings. The molecule has 0 spiro atoms. The van der Waals surface area contributed by atoms with Crippen LogP contribution < -0.4 is 0 Å². The van der Waals surface area contributed by atoms with Gasteiger partial charge in [0, 0.05) is 17.0 Å². The summed E-state index contributed by atoms with van der Waals surface area (Å²) in [6.07, 6.45) is 0.666. The monoisotopic (exact) mass is 399 g/mol. The molecule has 0 bridgehead atoms. The van der Waals surface area contributed by atoms with Gasteiger partial charge in [-0.05, 0) is 49.7 Å². The highest BCUT2D eigenvalue weighted by molar-refractivity contribution is 6.31. The Labute approximate surface area is 166 Å².